The summed E-state index contributed by atoms with van der Waals surface area (Å²) in [6, 6.07) is 23.3. The van der Waals surface area contributed by atoms with Gasteiger partial charge in [-0.3, -0.25) is 9.59 Å². The molecule has 0 heterocycles. The molecule has 2 amide bonds. The smallest absolute Gasteiger partial charge is 0.243 e. The summed E-state index contributed by atoms with van der Waals surface area (Å²) >= 11 is 4.83. The fourth-order valence-corrected chi connectivity index (χ4v) is 4.97. The number of amides is 2. The maximum Gasteiger partial charge on any atom is 0.243 e. The number of nitrogens with zero attached hydrogens (tertiary/aromatic N) is 1. The number of halogens is 2. The van der Waals surface area contributed by atoms with Crippen molar-refractivity contribution in [3.63, 3.8) is 0 Å². The van der Waals surface area contributed by atoms with Gasteiger partial charge in [0.15, 0.2) is 0 Å². The van der Waals surface area contributed by atoms with E-state index in [9.17, 15) is 14.0 Å². The fourth-order valence-electron chi connectivity index (χ4n) is 3.62. The van der Waals surface area contributed by atoms with E-state index in [0.29, 0.717) is 30.8 Å². The first-order chi connectivity index (χ1) is 16.5. The van der Waals surface area contributed by atoms with Gasteiger partial charge in [-0.15, -0.1) is 11.8 Å². The van der Waals surface area contributed by atoms with Gasteiger partial charge in [0.2, 0.25) is 11.8 Å². The minimum Gasteiger partial charge on any atom is -0.355 e. The van der Waals surface area contributed by atoms with Crippen LogP contribution in [0.5, 0.6) is 0 Å². The lowest BCUT2D eigenvalue weighted by Gasteiger charge is -2.31. The maximum absolute atomic E-state index is 14.0. The van der Waals surface area contributed by atoms with Crippen molar-refractivity contribution in [1.29, 1.82) is 0 Å². The summed E-state index contributed by atoms with van der Waals surface area (Å²) in [4.78, 5) is 28.2. The van der Waals surface area contributed by atoms with E-state index in [4.69, 9.17) is 0 Å². The van der Waals surface area contributed by atoms with E-state index in [1.807, 2.05) is 61.5 Å². The largest absolute Gasteiger partial charge is 0.355 e. The summed E-state index contributed by atoms with van der Waals surface area (Å²) < 4.78 is 14.9. The Morgan fingerprint density at radius 1 is 1.00 bits per heavy atom. The number of carbonyl (C=O) groups is 2. The van der Waals surface area contributed by atoms with Crippen LogP contribution in [0.4, 0.5) is 4.39 Å². The molecule has 0 spiro atoms. The zero-order valence-corrected chi connectivity index (χ0v) is 21.4. The number of nitrogens with one attached hydrogen (secondary N) is 1. The van der Waals surface area contributed by atoms with Gasteiger partial charge in [0.25, 0.3) is 0 Å². The molecule has 0 fully saturated rings. The number of benzene rings is 3. The first kappa shape index (κ1) is 26.0. The number of rotatable bonds is 11. The summed E-state index contributed by atoms with van der Waals surface area (Å²) in [5.74, 6) is -0.0965. The molecule has 3 aromatic rings. The molecule has 0 saturated heterocycles. The summed E-state index contributed by atoms with van der Waals surface area (Å²) in [6.45, 7) is 2.64. The van der Waals surface area contributed by atoms with E-state index in [1.54, 1.807) is 23.1 Å². The van der Waals surface area contributed by atoms with E-state index >= 15 is 0 Å². The number of hydrogen-bond acceptors (Lipinski definition) is 3. The van der Waals surface area contributed by atoms with E-state index in [2.05, 4.69) is 21.2 Å². The lowest BCUT2D eigenvalue weighted by molar-refractivity contribution is -0.139. The number of likely N-dealkylation sites (N-methyl/N-ethyl adjacent to an activating group) is 1. The molecule has 0 aromatic heterocycles. The topological polar surface area (TPSA) is 49.4 Å². The van der Waals surface area contributed by atoms with Crippen molar-refractivity contribution in [2.75, 3.05) is 12.3 Å². The Hall–Kier alpha value is -2.64. The van der Waals surface area contributed by atoms with Crippen molar-refractivity contribution in [2.45, 2.75) is 31.7 Å². The van der Waals surface area contributed by atoms with Gasteiger partial charge in [-0.05, 0) is 41.8 Å². The average molecular weight is 544 g/mol. The summed E-state index contributed by atoms with van der Waals surface area (Å²) in [5, 5.41) is 2.89. The van der Waals surface area contributed by atoms with Crippen LogP contribution < -0.4 is 5.32 Å². The second-order valence-corrected chi connectivity index (χ2v) is 9.74. The van der Waals surface area contributed by atoms with Crippen molar-refractivity contribution in [3.05, 3.63) is 106 Å². The van der Waals surface area contributed by atoms with E-state index in [1.165, 1.54) is 17.8 Å². The number of carbonyl (C=O) groups excluding carboxylic acids is 2. The third kappa shape index (κ3) is 7.71. The van der Waals surface area contributed by atoms with Crippen LogP contribution in [0, 0.1) is 5.82 Å². The molecule has 34 heavy (non-hydrogen) atoms. The molecule has 1 unspecified atom stereocenters. The summed E-state index contributed by atoms with van der Waals surface area (Å²) in [7, 11) is 0. The Kier molecular flexibility index (Phi) is 10.2. The van der Waals surface area contributed by atoms with Gasteiger partial charge in [-0.1, -0.05) is 76.6 Å². The van der Waals surface area contributed by atoms with Gasteiger partial charge < -0.3 is 10.2 Å². The summed E-state index contributed by atoms with van der Waals surface area (Å²) in [6.07, 6.45) is 0.407. The third-order valence-corrected chi connectivity index (χ3v) is 6.76. The Balaban J connectivity index is 1.83. The van der Waals surface area contributed by atoms with Gasteiger partial charge in [-0.25, -0.2) is 4.39 Å². The van der Waals surface area contributed by atoms with Gasteiger partial charge in [0, 0.05) is 29.7 Å². The van der Waals surface area contributed by atoms with Gasteiger partial charge >= 0.3 is 0 Å². The molecule has 4 nitrogen and oxygen atoms in total. The van der Waals surface area contributed by atoms with Crippen LogP contribution in [0.1, 0.15) is 23.6 Å². The van der Waals surface area contributed by atoms with Crippen molar-refractivity contribution in [1.82, 2.24) is 10.2 Å². The quantitative estimate of drug-likeness (QED) is 0.343. The van der Waals surface area contributed by atoms with Crippen LogP contribution in [0.3, 0.4) is 0 Å². The maximum atomic E-state index is 14.0. The zero-order chi connectivity index (χ0) is 24.3. The predicted molar refractivity (Wildman–Crippen MR) is 140 cm³/mol. The molecule has 3 aromatic carbocycles. The highest BCUT2D eigenvalue weighted by molar-refractivity contribution is 9.10. The normalized spacial score (nSPS) is 11.6. The molecular formula is C27H28BrFN2O2S. The van der Waals surface area contributed by atoms with Gasteiger partial charge in [-0.2, -0.15) is 0 Å². The van der Waals surface area contributed by atoms with Crippen LogP contribution in [0.2, 0.25) is 0 Å². The Morgan fingerprint density at radius 3 is 2.41 bits per heavy atom. The zero-order valence-electron chi connectivity index (χ0n) is 19.0. The highest BCUT2D eigenvalue weighted by atomic mass is 79.9. The Morgan fingerprint density at radius 2 is 1.71 bits per heavy atom. The first-order valence-corrected chi connectivity index (χ1v) is 13.1. The Labute approximate surface area is 213 Å². The molecule has 1 atom stereocenters. The van der Waals surface area contributed by atoms with E-state index in [-0.39, 0.29) is 23.4 Å². The van der Waals surface area contributed by atoms with Crippen LogP contribution in [0.25, 0.3) is 0 Å². The third-order valence-electron chi connectivity index (χ3n) is 5.30. The molecule has 0 radical (unpaired) electrons. The lowest BCUT2D eigenvalue weighted by atomic mass is 10.0. The molecule has 0 saturated carbocycles. The molecule has 7 heteroatoms. The van der Waals surface area contributed by atoms with Crippen molar-refractivity contribution < 1.29 is 14.0 Å². The molecule has 0 aliphatic rings. The van der Waals surface area contributed by atoms with Crippen molar-refractivity contribution in [3.8, 4) is 0 Å². The average Bonchev–Trinajstić information content (AvgIpc) is 2.83. The summed E-state index contributed by atoms with van der Waals surface area (Å²) in [5.41, 5.74) is 2.46. The van der Waals surface area contributed by atoms with E-state index in [0.717, 1.165) is 15.6 Å². The molecule has 0 aliphatic carbocycles. The second kappa shape index (κ2) is 13.3. The van der Waals surface area contributed by atoms with Crippen molar-refractivity contribution >= 4 is 39.5 Å². The number of thioether (sulfide) groups is 1. The standard InChI is InChI=1S/C27H28BrFN2O2S/c1-2-30-27(33)25(16-20-9-4-3-5-10-20)31(17-21-11-8-13-23(28)15-21)26(32)19-34-18-22-12-6-7-14-24(22)29/h3-15,25H,2,16-19H2,1H3,(H,30,33). The first-order valence-electron chi connectivity index (χ1n) is 11.1. The van der Waals surface area contributed by atoms with Crippen LogP contribution in [-0.2, 0) is 28.3 Å². The second-order valence-electron chi connectivity index (χ2n) is 7.84. The highest BCUT2D eigenvalue weighted by Gasteiger charge is 2.30. The van der Waals surface area contributed by atoms with Gasteiger partial charge in [0.1, 0.15) is 11.9 Å². The monoisotopic (exact) mass is 542 g/mol. The van der Waals surface area contributed by atoms with Crippen molar-refractivity contribution in [2.24, 2.45) is 0 Å². The SMILES string of the molecule is CCNC(=O)C(Cc1ccccc1)N(Cc1cccc(Br)c1)C(=O)CSCc1ccccc1F. The van der Waals surface area contributed by atoms with Crippen LogP contribution in [0.15, 0.2) is 83.3 Å². The van der Waals surface area contributed by atoms with E-state index < -0.39 is 6.04 Å². The number of hydrogen-bond donors (Lipinski definition) is 1. The molecular weight excluding hydrogens is 515 g/mol. The predicted octanol–water partition coefficient (Wildman–Crippen LogP) is 5.60. The van der Waals surface area contributed by atoms with Crippen LogP contribution >= 0.6 is 27.7 Å². The van der Waals surface area contributed by atoms with Gasteiger partial charge in [0.05, 0.1) is 5.75 Å². The highest BCUT2D eigenvalue weighted by Crippen LogP contribution is 2.21. The molecule has 0 bridgehead atoms. The fraction of sp³-hybridized carbons (Fsp3) is 0.259. The molecule has 1 N–H and O–H groups in total. The Bertz CT molecular complexity index is 1100. The minimum absolute atomic E-state index is 0.146. The van der Waals surface area contributed by atoms with Crippen LogP contribution in [-0.4, -0.2) is 35.1 Å². The molecule has 3 rings (SSSR count). The molecule has 178 valence electrons. The molecule has 0 aliphatic heterocycles. The minimum atomic E-state index is -0.664. The lowest BCUT2D eigenvalue weighted by Crippen LogP contribution is -2.51.